The van der Waals surface area contributed by atoms with Gasteiger partial charge in [-0.2, -0.15) is 8.78 Å². The van der Waals surface area contributed by atoms with Gasteiger partial charge >= 0.3 is 11.9 Å². The van der Waals surface area contributed by atoms with Crippen LogP contribution in [0.2, 0.25) is 0 Å². The summed E-state index contributed by atoms with van der Waals surface area (Å²) in [6.07, 6.45) is 9.71. The van der Waals surface area contributed by atoms with Crippen LogP contribution in [0.15, 0.2) is 42.5 Å². The van der Waals surface area contributed by atoms with Gasteiger partial charge in [-0.3, -0.25) is 9.59 Å². The second kappa shape index (κ2) is 12.3. The summed E-state index contributed by atoms with van der Waals surface area (Å²) in [4.78, 5) is 25.8. The lowest BCUT2D eigenvalue weighted by atomic mass is 10.0. The summed E-state index contributed by atoms with van der Waals surface area (Å²) in [5, 5.41) is 10.1. The molecule has 0 unspecified atom stereocenters. The van der Waals surface area contributed by atoms with Crippen molar-refractivity contribution in [1.29, 1.82) is 0 Å². The number of unbranched alkanes of at least 4 members (excludes halogenated alkanes) is 3. The van der Waals surface area contributed by atoms with E-state index in [9.17, 15) is 23.5 Å². The highest BCUT2D eigenvalue weighted by Gasteiger charge is 2.39. The summed E-state index contributed by atoms with van der Waals surface area (Å²) in [5.74, 6) is -3.51. The minimum atomic E-state index is -3.40. The molecule has 0 spiro atoms. The molecule has 182 valence electrons. The number of rotatable bonds is 12. The second-order valence-electron chi connectivity index (χ2n) is 9.07. The molecule has 7 heteroatoms. The number of alkyl halides is 2. The fourth-order valence-corrected chi connectivity index (χ4v) is 4.59. The van der Waals surface area contributed by atoms with Crippen LogP contribution in [-0.2, 0) is 20.2 Å². The maximum absolute atomic E-state index is 14.5. The molecule has 33 heavy (non-hydrogen) atoms. The van der Waals surface area contributed by atoms with Crippen LogP contribution in [0.1, 0.15) is 76.2 Å². The molecule has 0 bridgehead atoms. The molecule has 1 aromatic rings. The van der Waals surface area contributed by atoms with Crippen LogP contribution in [0.4, 0.5) is 8.78 Å². The predicted octanol–water partition coefficient (Wildman–Crippen LogP) is 5.12. The monoisotopic (exact) mass is 463 g/mol. The molecule has 1 aliphatic heterocycles. The van der Waals surface area contributed by atoms with Crippen LogP contribution in [0.25, 0.3) is 0 Å². The lowest BCUT2D eigenvalue weighted by molar-refractivity contribution is -0.148. The highest BCUT2D eigenvalue weighted by Crippen LogP contribution is 2.33. The number of amides is 1. The van der Waals surface area contributed by atoms with Crippen LogP contribution in [0.5, 0.6) is 0 Å². The fraction of sp³-hybridized carbons (Fsp3) is 0.615. The Morgan fingerprint density at radius 1 is 1.12 bits per heavy atom. The van der Waals surface area contributed by atoms with Gasteiger partial charge in [0.05, 0.1) is 6.04 Å². The minimum Gasteiger partial charge on any atom is -0.462 e. The van der Waals surface area contributed by atoms with Gasteiger partial charge in [-0.1, -0.05) is 55.3 Å². The largest absolute Gasteiger partial charge is 0.462 e. The van der Waals surface area contributed by atoms with Crippen molar-refractivity contribution in [3.8, 4) is 0 Å². The molecule has 1 aromatic carbocycles. The van der Waals surface area contributed by atoms with E-state index >= 15 is 0 Å². The Morgan fingerprint density at radius 2 is 1.82 bits per heavy atom. The first kappa shape index (κ1) is 25.3. The highest BCUT2D eigenvalue weighted by atomic mass is 19.3. The molecular formula is C26H35F2NO4. The Hall–Kier alpha value is -2.28. The highest BCUT2D eigenvalue weighted by molar-refractivity contribution is 5.79. The van der Waals surface area contributed by atoms with Gasteiger partial charge in [0.15, 0.2) is 0 Å². The van der Waals surface area contributed by atoms with Crippen LogP contribution in [-0.4, -0.2) is 46.7 Å². The van der Waals surface area contributed by atoms with E-state index in [1.165, 1.54) is 30.3 Å². The van der Waals surface area contributed by atoms with Crippen molar-refractivity contribution in [2.24, 2.45) is 0 Å². The Labute approximate surface area is 194 Å². The van der Waals surface area contributed by atoms with E-state index in [2.05, 4.69) is 0 Å². The van der Waals surface area contributed by atoms with Gasteiger partial charge in [0.2, 0.25) is 5.91 Å². The smallest absolute Gasteiger partial charge is 0.306 e. The fourth-order valence-electron chi connectivity index (χ4n) is 4.59. The average molecular weight is 464 g/mol. The standard InChI is InChI=1S/C26H35F2NO4/c27-26(28,20-10-4-3-5-11-20)23(30)17-15-21-16-18-24(31)29(21)19-9-2-1-6-14-25(32)33-22-12-7-8-13-22/h3-5,10-11,15,17,21-23,30H,1-2,6-9,12-14,16,18-19H2/t21-,23+/m0/s1. The zero-order valence-electron chi connectivity index (χ0n) is 19.1. The zero-order valence-corrected chi connectivity index (χ0v) is 19.1. The molecule has 1 N–H and O–H groups in total. The lowest BCUT2D eigenvalue weighted by Gasteiger charge is -2.24. The number of likely N-dealkylation sites (tertiary alicyclic amines) is 1. The summed E-state index contributed by atoms with van der Waals surface area (Å²) >= 11 is 0. The number of benzene rings is 1. The third kappa shape index (κ3) is 7.36. The third-order valence-corrected chi connectivity index (χ3v) is 6.55. The van der Waals surface area contributed by atoms with E-state index in [1.54, 1.807) is 11.0 Å². The van der Waals surface area contributed by atoms with Crippen LogP contribution in [0, 0.1) is 0 Å². The van der Waals surface area contributed by atoms with Gasteiger partial charge < -0.3 is 14.7 Å². The number of aliphatic hydroxyl groups is 1. The molecule has 2 aliphatic rings. The molecule has 1 heterocycles. The Balaban J connectivity index is 1.38. The number of halogens is 2. The van der Waals surface area contributed by atoms with E-state index < -0.39 is 12.0 Å². The number of ether oxygens (including phenoxy) is 1. The molecule has 1 saturated carbocycles. The molecule has 0 aromatic heterocycles. The van der Waals surface area contributed by atoms with Crippen molar-refractivity contribution in [3.05, 3.63) is 48.0 Å². The van der Waals surface area contributed by atoms with Gasteiger partial charge in [0.1, 0.15) is 12.2 Å². The van der Waals surface area contributed by atoms with Crippen molar-refractivity contribution < 1.29 is 28.2 Å². The first-order chi connectivity index (χ1) is 15.9. The molecule has 0 radical (unpaired) electrons. The van der Waals surface area contributed by atoms with Crippen LogP contribution in [0.3, 0.4) is 0 Å². The predicted molar refractivity (Wildman–Crippen MR) is 122 cm³/mol. The third-order valence-electron chi connectivity index (χ3n) is 6.55. The number of aliphatic hydroxyl groups excluding tert-OH is 1. The van der Waals surface area contributed by atoms with Gasteiger partial charge in [-0.25, -0.2) is 0 Å². The summed E-state index contributed by atoms with van der Waals surface area (Å²) in [5.41, 5.74) is -0.242. The van der Waals surface area contributed by atoms with Crippen LogP contribution < -0.4 is 0 Å². The number of hydrogen-bond donors (Lipinski definition) is 1. The topological polar surface area (TPSA) is 66.8 Å². The van der Waals surface area contributed by atoms with E-state index in [0.29, 0.717) is 25.8 Å². The molecule has 1 amide bonds. The van der Waals surface area contributed by atoms with E-state index in [0.717, 1.165) is 57.4 Å². The van der Waals surface area contributed by atoms with Gasteiger partial charge in [-0.05, 0) is 44.9 Å². The van der Waals surface area contributed by atoms with Gasteiger partial charge in [-0.15, -0.1) is 0 Å². The van der Waals surface area contributed by atoms with E-state index in [1.807, 2.05) is 0 Å². The van der Waals surface area contributed by atoms with Crippen LogP contribution >= 0.6 is 0 Å². The molecule has 5 nitrogen and oxygen atoms in total. The van der Waals surface area contributed by atoms with Gasteiger partial charge in [0.25, 0.3) is 0 Å². The molecular weight excluding hydrogens is 428 g/mol. The molecule has 3 rings (SSSR count). The van der Waals surface area contributed by atoms with E-state index in [-0.39, 0.29) is 29.6 Å². The number of hydrogen-bond acceptors (Lipinski definition) is 4. The number of carbonyl (C=O) groups excluding carboxylic acids is 2. The zero-order chi connectivity index (χ0) is 23.7. The SMILES string of the molecule is O=C(CCCCCCN1C(=O)CC[C@@H]1C=C[C@@H](O)C(F)(F)c1ccccc1)OC1CCCC1. The van der Waals surface area contributed by atoms with Crippen molar-refractivity contribution in [2.75, 3.05) is 6.54 Å². The second-order valence-corrected chi connectivity index (χ2v) is 9.07. The van der Waals surface area contributed by atoms with Crippen molar-refractivity contribution >= 4 is 11.9 Å². The lowest BCUT2D eigenvalue weighted by Crippen LogP contribution is -2.34. The Morgan fingerprint density at radius 3 is 2.55 bits per heavy atom. The number of nitrogens with zero attached hydrogens (tertiary/aromatic N) is 1. The Kier molecular flexibility index (Phi) is 9.41. The van der Waals surface area contributed by atoms with Crippen molar-refractivity contribution in [2.45, 2.75) is 94.8 Å². The molecule has 2 atom stereocenters. The van der Waals surface area contributed by atoms with E-state index in [4.69, 9.17) is 4.74 Å². The first-order valence-electron chi connectivity index (χ1n) is 12.2. The maximum atomic E-state index is 14.5. The molecule has 1 aliphatic carbocycles. The Bertz CT molecular complexity index is 793. The van der Waals surface area contributed by atoms with Crippen molar-refractivity contribution in [1.82, 2.24) is 4.90 Å². The quantitative estimate of drug-likeness (QED) is 0.265. The van der Waals surface area contributed by atoms with Crippen molar-refractivity contribution in [3.63, 3.8) is 0 Å². The van der Waals surface area contributed by atoms with Gasteiger partial charge in [0, 0.05) is 24.9 Å². The minimum absolute atomic E-state index is 0.00843. The summed E-state index contributed by atoms with van der Waals surface area (Å²) in [6, 6.07) is 6.96. The maximum Gasteiger partial charge on any atom is 0.306 e. The summed E-state index contributed by atoms with van der Waals surface area (Å²) in [7, 11) is 0. The number of esters is 1. The normalized spacial score (nSPS) is 20.6. The summed E-state index contributed by atoms with van der Waals surface area (Å²) in [6.45, 7) is 0.547. The number of carbonyl (C=O) groups is 2. The summed E-state index contributed by atoms with van der Waals surface area (Å²) < 4.78 is 34.4. The molecule has 1 saturated heterocycles. The molecule has 2 fully saturated rings. The first-order valence-corrected chi connectivity index (χ1v) is 12.2. The average Bonchev–Trinajstić information content (AvgIpc) is 3.44.